The fraction of sp³-hybridized carbons (Fsp3) is 0.840. The topological polar surface area (TPSA) is 134 Å². The molecule has 4 amide bonds. The van der Waals surface area contributed by atoms with E-state index in [4.69, 9.17) is 5.73 Å². The van der Waals surface area contributed by atoms with Gasteiger partial charge in [-0.1, -0.05) is 51.9 Å². The number of carbonyl (C=O) groups excluding carboxylic acids is 4. The van der Waals surface area contributed by atoms with Crippen LogP contribution in [0.1, 0.15) is 96.8 Å². The van der Waals surface area contributed by atoms with Crippen molar-refractivity contribution in [2.75, 3.05) is 19.6 Å². The maximum atomic E-state index is 13.3. The summed E-state index contributed by atoms with van der Waals surface area (Å²) in [6, 6.07) is -1.57. The third-order valence-corrected chi connectivity index (χ3v) is 6.80. The van der Waals surface area contributed by atoms with Gasteiger partial charge in [-0.3, -0.25) is 19.2 Å². The monoisotopic (exact) mass is 479 g/mol. The van der Waals surface area contributed by atoms with Gasteiger partial charge >= 0.3 is 0 Å². The molecule has 34 heavy (non-hydrogen) atoms. The largest absolute Gasteiger partial charge is 0.351 e. The van der Waals surface area contributed by atoms with E-state index in [0.29, 0.717) is 38.8 Å². The van der Waals surface area contributed by atoms with Crippen molar-refractivity contribution in [3.05, 3.63) is 0 Å². The minimum Gasteiger partial charge on any atom is -0.351 e. The Bertz CT molecular complexity index is 672. The van der Waals surface area contributed by atoms with E-state index in [-0.39, 0.29) is 36.7 Å². The second-order valence-electron chi connectivity index (χ2n) is 9.69. The van der Waals surface area contributed by atoms with E-state index < -0.39 is 18.0 Å². The molecule has 9 nitrogen and oxygen atoms in total. The Morgan fingerprint density at radius 3 is 2.32 bits per heavy atom. The van der Waals surface area contributed by atoms with Crippen LogP contribution in [0.4, 0.5) is 0 Å². The zero-order valence-corrected chi connectivity index (χ0v) is 20.9. The van der Waals surface area contributed by atoms with Crippen LogP contribution >= 0.6 is 0 Å². The standard InChI is InChI=1S/C25H45N5O4/c1-2-3-4-5-6-7-8-12-19-17-22(31)27-18-23(32)29-20(13-9-10-15-26)25(34)30-16-11-14-21(30)24(33)28-19/h19-21H,2-18,26H2,1H3,(H,27,31)(H,28,33)(H,29,32)/t19-,20-,21-/m0/s1. The summed E-state index contributed by atoms with van der Waals surface area (Å²) < 4.78 is 0. The maximum absolute atomic E-state index is 13.3. The Morgan fingerprint density at radius 1 is 0.882 bits per heavy atom. The Hall–Kier alpha value is -2.16. The highest BCUT2D eigenvalue weighted by atomic mass is 16.2. The average Bonchev–Trinajstić information content (AvgIpc) is 3.31. The van der Waals surface area contributed by atoms with Gasteiger partial charge in [-0.2, -0.15) is 0 Å². The molecule has 0 aromatic rings. The Balaban J connectivity index is 2.04. The van der Waals surface area contributed by atoms with Crippen molar-refractivity contribution in [1.82, 2.24) is 20.9 Å². The molecule has 3 atom stereocenters. The third-order valence-electron chi connectivity index (χ3n) is 6.80. The normalized spacial score (nSPS) is 24.4. The van der Waals surface area contributed by atoms with E-state index in [1.165, 1.54) is 25.7 Å². The molecule has 0 saturated carbocycles. The van der Waals surface area contributed by atoms with Gasteiger partial charge in [-0.05, 0) is 45.1 Å². The number of carbonyl (C=O) groups is 4. The molecule has 5 N–H and O–H groups in total. The van der Waals surface area contributed by atoms with Crippen molar-refractivity contribution < 1.29 is 19.2 Å². The second-order valence-corrected chi connectivity index (χ2v) is 9.69. The first-order valence-corrected chi connectivity index (χ1v) is 13.3. The van der Waals surface area contributed by atoms with Crippen LogP contribution in [0.25, 0.3) is 0 Å². The summed E-state index contributed by atoms with van der Waals surface area (Å²) in [5, 5.41) is 8.47. The molecule has 2 aliphatic rings. The minimum atomic E-state index is -0.714. The Kier molecular flexibility index (Phi) is 13.0. The predicted octanol–water partition coefficient (Wildman–Crippen LogP) is 1.74. The van der Waals surface area contributed by atoms with Crippen molar-refractivity contribution in [3.63, 3.8) is 0 Å². The SMILES string of the molecule is CCCCCCCCC[C@H]1CC(=O)NCC(=O)N[C@@H](CCCCN)C(=O)N2CCC[C@H]2C(=O)N1. The zero-order valence-electron chi connectivity index (χ0n) is 20.9. The number of hydrogen-bond acceptors (Lipinski definition) is 5. The number of fused-ring (bicyclic) bond motifs is 1. The molecule has 2 fully saturated rings. The van der Waals surface area contributed by atoms with Crippen LogP contribution < -0.4 is 21.7 Å². The summed E-state index contributed by atoms with van der Waals surface area (Å²) in [6.45, 7) is 3.03. The molecule has 0 aromatic heterocycles. The van der Waals surface area contributed by atoms with Crippen molar-refractivity contribution >= 4 is 23.6 Å². The molecule has 0 radical (unpaired) electrons. The molecular weight excluding hydrogens is 434 g/mol. The first-order valence-electron chi connectivity index (χ1n) is 13.3. The lowest BCUT2D eigenvalue weighted by Crippen LogP contribution is -2.54. The smallest absolute Gasteiger partial charge is 0.245 e. The van der Waals surface area contributed by atoms with Crippen molar-refractivity contribution in [1.29, 1.82) is 0 Å². The van der Waals surface area contributed by atoms with Crippen LogP contribution in [0.2, 0.25) is 0 Å². The lowest BCUT2D eigenvalue weighted by Gasteiger charge is -2.29. The molecular formula is C25H45N5O4. The summed E-state index contributed by atoms with van der Waals surface area (Å²) in [5.74, 6) is -1.08. The molecule has 9 heteroatoms. The molecule has 2 aliphatic heterocycles. The highest BCUT2D eigenvalue weighted by Crippen LogP contribution is 2.21. The van der Waals surface area contributed by atoms with Gasteiger partial charge < -0.3 is 26.6 Å². The summed E-state index contributed by atoms with van der Waals surface area (Å²) in [7, 11) is 0. The first kappa shape index (κ1) is 28.1. The fourth-order valence-corrected chi connectivity index (χ4v) is 4.84. The third kappa shape index (κ3) is 9.60. The summed E-state index contributed by atoms with van der Waals surface area (Å²) >= 11 is 0. The van der Waals surface area contributed by atoms with Gasteiger partial charge in [-0.25, -0.2) is 0 Å². The number of unbranched alkanes of at least 4 members (excludes halogenated alkanes) is 7. The van der Waals surface area contributed by atoms with Gasteiger partial charge in [0.2, 0.25) is 23.6 Å². The molecule has 0 spiro atoms. The predicted molar refractivity (Wildman–Crippen MR) is 132 cm³/mol. The zero-order chi connectivity index (χ0) is 24.8. The number of amides is 4. The van der Waals surface area contributed by atoms with Gasteiger partial charge in [0.05, 0.1) is 6.54 Å². The quantitative estimate of drug-likeness (QED) is 0.316. The molecule has 0 aliphatic carbocycles. The van der Waals surface area contributed by atoms with E-state index in [1.54, 1.807) is 4.90 Å². The van der Waals surface area contributed by atoms with Crippen LogP contribution in [0.3, 0.4) is 0 Å². The van der Waals surface area contributed by atoms with Gasteiger partial charge in [0.15, 0.2) is 0 Å². The molecule has 2 heterocycles. The van der Waals surface area contributed by atoms with Gasteiger partial charge in [0.25, 0.3) is 0 Å². The van der Waals surface area contributed by atoms with Crippen LogP contribution in [0.5, 0.6) is 0 Å². The van der Waals surface area contributed by atoms with Crippen molar-refractivity contribution in [2.45, 2.75) is 115 Å². The lowest BCUT2D eigenvalue weighted by atomic mass is 10.0. The number of hydrogen-bond donors (Lipinski definition) is 4. The lowest BCUT2D eigenvalue weighted by molar-refractivity contribution is -0.141. The Morgan fingerprint density at radius 2 is 1.59 bits per heavy atom. The number of nitrogens with zero attached hydrogens (tertiary/aromatic N) is 1. The first-order chi connectivity index (χ1) is 16.5. The Labute approximate surface area is 204 Å². The average molecular weight is 480 g/mol. The van der Waals surface area contributed by atoms with E-state index in [9.17, 15) is 19.2 Å². The van der Waals surface area contributed by atoms with Crippen molar-refractivity contribution in [3.8, 4) is 0 Å². The van der Waals surface area contributed by atoms with E-state index in [1.807, 2.05) is 0 Å². The molecule has 2 saturated heterocycles. The molecule has 0 aromatic carbocycles. The molecule has 0 bridgehead atoms. The highest BCUT2D eigenvalue weighted by molar-refractivity contribution is 5.94. The van der Waals surface area contributed by atoms with E-state index in [0.717, 1.165) is 32.1 Å². The van der Waals surface area contributed by atoms with Crippen LogP contribution in [0.15, 0.2) is 0 Å². The van der Waals surface area contributed by atoms with Gasteiger partial charge in [0, 0.05) is 19.0 Å². The van der Waals surface area contributed by atoms with E-state index in [2.05, 4.69) is 22.9 Å². The number of rotatable bonds is 12. The fourth-order valence-electron chi connectivity index (χ4n) is 4.84. The number of nitrogens with two attached hydrogens (primary N) is 1. The minimum absolute atomic E-state index is 0.134. The summed E-state index contributed by atoms with van der Waals surface area (Å²) in [6.07, 6.45) is 12.2. The maximum Gasteiger partial charge on any atom is 0.245 e. The molecule has 0 unspecified atom stereocenters. The van der Waals surface area contributed by atoms with Crippen LogP contribution in [0, 0.1) is 0 Å². The van der Waals surface area contributed by atoms with Crippen LogP contribution in [-0.4, -0.2) is 66.3 Å². The molecule has 2 rings (SSSR count). The van der Waals surface area contributed by atoms with E-state index >= 15 is 0 Å². The van der Waals surface area contributed by atoms with Crippen LogP contribution in [-0.2, 0) is 19.2 Å². The van der Waals surface area contributed by atoms with Gasteiger partial charge in [0.1, 0.15) is 12.1 Å². The van der Waals surface area contributed by atoms with Crippen molar-refractivity contribution in [2.24, 2.45) is 5.73 Å². The van der Waals surface area contributed by atoms with Gasteiger partial charge in [-0.15, -0.1) is 0 Å². The summed E-state index contributed by atoms with van der Waals surface area (Å²) in [5.41, 5.74) is 5.58. The second kappa shape index (κ2) is 15.7. The molecule has 194 valence electrons. The summed E-state index contributed by atoms with van der Waals surface area (Å²) in [4.78, 5) is 53.0. The number of nitrogens with one attached hydrogen (secondary N) is 3. The highest BCUT2D eigenvalue weighted by Gasteiger charge is 2.38.